The van der Waals surface area contributed by atoms with E-state index >= 15 is 0 Å². The first-order chi connectivity index (χ1) is 5.83. The monoisotopic (exact) mass is 212 g/mol. The van der Waals surface area contributed by atoms with Gasteiger partial charge in [0, 0.05) is 6.42 Å². The molecule has 6 nitrogen and oxygen atoms in total. The van der Waals surface area contributed by atoms with E-state index in [0.717, 1.165) is 0 Å². The molecule has 0 heterocycles. The van der Waals surface area contributed by atoms with Crippen molar-refractivity contribution in [2.45, 2.75) is 25.9 Å². The number of rotatable bonds is 6. The Morgan fingerprint density at radius 2 is 2.08 bits per heavy atom. The van der Waals surface area contributed by atoms with Gasteiger partial charge in [-0.05, 0) is 13.3 Å². The molecule has 0 fully saturated rings. The number of carbonyl (C=O) groups is 1. The molecule has 1 atom stereocenters. The molecule has 0 amide bonds. The molecule has 7 heteroatoms. The molecule has 0 spiro atoms. The van der Waals surface area contributed by atoms with E-state index in [4.69, 9.17) is 9.66 Å². The van der Waals surface area contributed by atoms with Crippen LogP contribution < -0.4 is 0 Å². The van der Waals surface area contributed by atoms with E-state index in [1.807, 2.05) is 0 Å². The van der Waals surface area contributed by atoms with E-state index in [2.05, 4.69) is 4.18 Å². The predicted octanol–water partition coefficient (Wildman–Crippen LogP) is -0.464. The summed E-state index contributed by atoms with van der Waals surface area (Å²) in [5, 5.41) is 8.72. The Morgan fingerprint density at radius 3 is 2.46 bits per heavy atom. The van der Waals surface area contributed by atoms with Gasteiger partial charge in [-0.25, -0.2) is 4.18 Å². The molecule has 0 radical (unpaired) electrons. The summed E-state index contributed by atoms with van der Waals surface area (Å²) < 4.78 is 32.1. The highest BCUT2D eigenvalue weighted by molar-refractivity contribution is 7.80. The Labute approximate surface area is 76.5 Å². The van der Waals surface area contributed by atoms with Crippen molar-refractivity contribution < 1.29 is 27.1 Å². The number of Topliss-reactive ketones (excluding diaryl/α,β-unsaturated/α-hetero) is 1. The number of aliphatic hydroxyl groups is 1. The third kappa shape index (κ3) is 7.85. The summed E-state index contributed by atoms with van der Waals surface area (Å²) in [7, 11) is -4.42. The van der Waals surface area contributed by atoms with Crippen LogP contribution in [-0.4, -0.2) is 36.6 Å². The highest BCUT2D eigenvalue weighted by atomic mass is 32.3. The second-order valence-electron chi connectivity index (χ2n) is 2.50. The van der Waals surface area contributed by atoms with E-state index in [9.17, 15) is 13.2 Å². The predicted molar refractivity (Wildman–Crippen MR) is 43.4 cm³/mol. The van der Waals surface area contributed by atoms with Crippen LogP contribution in [-0.2, 0) is 19.4 Å². The van der Waals surface area contributed by atoms with Crippen molar-refractivity contribution in [3.63, 3.8) is 0 Å². The first-order valence-electron chi connectivity index (χ1n) is 3.65. The maximum absolute atomic E-state index is 10.7. The normalized spacial score (nSPS) is 14.1. The van der Waals surface area contributed by atoms with Crippen molar-refractivity contribution in [1.29, 1.82) is 0 Å². The minimum absolute atomic E-state index is 0.0210. The highest BCUT2D eigenvalue weighted by Gasteiger charge is 2.09. The van der Waals surface area contributed by atoms with Crippen LogP contribution in [0.5, 0.6) is 0 Å². The average molecular weight is 212 g/mol. The number of carbonyl (C=O) groups excluding carboxylic acids is 1. The van der Waals surface area contributed by atoms with Crippen molar-refractivity contribution in [3.8, 4) is 0 Å². The number of hydrogen-bond acceptors (Lipinski definition) is 5. The van der Waals surface area contributed by atoms with Crippen LogP contribution in [0.2, 0.25) is 0 Å². The van der Waals surface area contributed by atoms with Gasteiger partial charge in [-0.15, -0.1) is 0 Å². The molecule has 13 heavy (non-hydrogen) atoms. The van der Waals surface area contributed by atoms with Crippen LogP contribution in [0.1, 0.15) is 19.8 Å². The lowest BCUT2D eigenvalue weighted by atomic mass is 10.1. The smallest absolute Gasteiger partial charge is 0.386 e. The van der Waals surface area contributed by atoms with Crippen LogP contribution in [0.4, 0.5) is 0 Å². The summed E-state index contributed by atoms with van der Waals surface area (Å²) in [6.45, 7) is 1.06. The minimum Gasteiger partial charge on any atom is -0.386 e. The molecular formula is C6H12O6S. The molecule has 0 bridgehead atoms. The topological polar surface area (TPSA) is 101 Å². The van der Waals surface area contributed by atoms with Crippen LogP contribution in [0.15, 0.2) is 0 Å². The summed E-state index contributed by atoms with van der Waals surface area (Å²) >= 11 is 0. The Bertz CT molecular complexity index is 254. The fraction of sp³-hybridized carbons (Fsp3) is 0.833. The molecule has 0 aromatic rings. The molecular weight excluding hydrogens is 200 g/mol. The second kappa shape index (κ2) is 5.28. The summed E-state index contributed by atoms with van der Waals surface area (Å²) in [4.78, 5) is 10.7. The van der Waals surface area contributed by atoms with Gasteiger partial charge in [0.15, 0.2) is 5.78 Å². The van der Waals surface area contributed by atoms with Crippen molar-refractivity contribution in [1.82, 2.24) is 0 Å². The van der Waals surface area contributed by atoms with E-state index in [1.54, 1.807) is 0 Å². The zero-order valence-corrected chi connectivity index (χ0v) is 7.95. The highest BCUT2D eigenvalue weighted by Crippen LogP contribution is 1.97. The lowest BCUT2D eigenvalue weighted by Crippen LogP contribution is -2.16. The molecule has 2 N–H and O–H groups in total. The van der Waals surface area contributed by atoms with E-state index in [1.165, 1.54) is 6.92 Å². The van der Waals surface area contributed by atoms with Gasteiger partial charge in [-0.2, -0.15) is 8.42 Å². The molecule has 78 valence electrons. The van der Waals surface area contributed by atoms with Gasteiger partial charge < -0.3 is 5.11 Å². The molecule has 0 aliphatic carbocycles. The summed E-state index contributed by atoms with van der Waals surface area (Å²) in [5.74, 6) is -0.390. The fourth-order valence-corrected chi connectivity index (χ4v) is 0.948. The third-order valence-electron chi connectivity index (χ3n) is 1.27. The van der Waals surface area contributed by atoms with Crippen LogP contribution >= 0.6 is 0 Å². The first kappa shape index (κ1) is 12.5. The van der Waals surface area contributed by atoms with Crippen molar-refractivity contribution in [2.24, 2.45) is 0 Å². The van der Waals surface area contributed by atoms with Crippen molar-refractivity contribution >= 4 is 16.2 Å². The number of hydrogen-bond donors (Lipinski definition) is 2. The average Bonchev–Trinajstić information content (AvgIpc) is 1.95. The maximum Gasteiger partial charge on any atom is 0.397 e. The van der Waals surface area contributed by atoms with Gasteiger partial charge in [0.05, 0.1) is 6.61 Å². The minimum atomic E-state index is -4.42. The molecule has 0 aliphatic rings. The molecule has 0 rings (SSSR count). The Hall–Kier alpha value is -0.500. The Balaban J connectivity index is 3.53. The largest absolute Gasteiger partial charge is 0.397 e. The molecule has 0 saturated heterocycles. The van der Waals surface area contributed by atoms with Crippen LogP contribution in [0, 0.1) is 0 Å². The molecule has 0 aromatic heterocycles. The van der Waals surface area contributed by atoms with Crippen LogP contribution in [0.25, 0.3) is 0 Å². The quantitative estimate of drug-likeness (QED) is 0.456. The van der Waals surface area contributed by atoms with Gasteiger partial charge in [-0.1, -0.05) is 0 Å². The van der Waals surface area contributed by atoms with Gasteiger partial charge in [0.25, 0.3) is 0 Å². The first-order valence-corrected chi connectivity index (χ1v) is 5.02. The number of aliphatic hydroxyl groups excluding tert-OH is 1. The molecule has 0 saturated carbocycles. The van der Waals surface area contributed by atoms with Crippen molar-refractivity contribution in [2.75, 3.05) is 6.61 Å². The fourth-order valence-electron chi connectivity index (χ4n) is 0.620. The van der Waals surface area contributed by atoms with Gasteiger partial charge in [0.2, 0.25) is 0 Å². The molecule has 0 unspecified atom stereocenters. The van der Waals surface area contributed by atoms with Crippen molar-refractivity contribution in [3.05, 3.63) is 0 Å². The zero-order valence-electron chi connectivity index (χ0n) is 7.13. The molecule has 0 aromatic carbocycles. The third-order valence-corrected chi connectivity index (χ3v) is 1.73. The SMILES string of the molecule is C[C@H](O)C(=O)CCCOS(=O)(=O)O. The number of ketones is 1. The summed E-state index contributed by atoms with van der Waals surface area (Å²) in [6, 6.07) is 0. The Morgan fingerprint density at radius 1 is 1.54 bits per heavy atom. The molecule has 0 aliphatic heterocycles. The standard InChI is InChI=1S/C6H12O6S/c1-5(7)6(8)3-2-4-12-13(9,10)11/h5,7H,2-4H2,1H3,(H,9,10,11)/t5-/m0/s1. The lowest BCUT2D eigenvalue weighted by molar-refractivity contribution is -0.126. The maximum atomic E-state index is 10.7. The van der Waals surface area contributed by atoms with Gasteiger partial charge in [0.1, 0.15) is 6.10 Å². The van der Waals surface area contributed by atoms with Gasteiger partial charge >= 0.3 is 10.4 Å². The van der Waals surface area contributed by atoms with Gasteiger partial charge in [-0.3, -0.25) is 9.35 Å². The Kier molecular flexibility index (Phi) is 5.07. The van der Waals surface area contributed by atoms with Crippen LogP contribution in [0.3, 0.4) is 0 Å². The zero-order chi connectivity index (χ0) is 10.5. The lowest BCUT2D eigenvalue weighted by Gasteiger charge is -2.02. The summed E-state index contributed by atoms with van der Waals surface area (Å²) in [6.07, 6.45) is -0.887. The van der Waals surface area contributed by atoms with E-state index < -0.39 is 16.5 Å². The summed E-state index contributed by atoms with van der Waals surface area (Å²) in [5.41, 5.74) is 0. The van der Waals surface area contributed by atoms with E-state index in [0.29, 0.717) is 0 Å². The van der Waals surface area contributed by atoms with E-state index in [-0.39, 0.29) is 25.2 Å². The second-order valence-corrected chi connectivity index (χ2v) is 3.59.